The number of benzene rings is 3. The van der Waals surface area contributed by atoms with E-state index in [1.54, 1.807) is 36.4 Å². The molecule has 0 aliphatic rings. The predicted molar refractivity (Wildman–Crippen MR) is 110 cm³/mol. The van der Waals surface area contributed by atoms with Crippen LogP contribution in [0, 0.1) is 0 Å². The van der Waals surface area contributed by atoms with Gasteiger partial charge in [0.15, 0.2) is 5.76 Å². The molecule has 0 unspecified atom stereocenters. The molecule has 0 saturated carbocycles. The maximum absolute atomic E-state index is 12.9. The van der Waals surface area contributed by atoms with E-state index in [9.17, 15) is 9.59 Å². The third-order valence-corrected chi connectivity index (χ3v) is 4.31. The summed E-state index contributed by atoms with van der Waals surface area (Å²) in [4.78, 5) is 25.4. The molecule has 0 radical (unpaired) electrons. The highest BCUT2D eigenvalue weighted by molar-refractivity contribution is 6.18. The smallest absolute Gasteiger partial charge is 0.248 e. The molecule has 1 N–H and O–H groups in total. The Morgan fingerprint density at radius 1 is 0.786 bits per heavy atom. The normalized spacial score (nSPS) is 11.0. The molecule has 4 nitrogen and oxygen atoms in total. The maximum Gasteiger partial charge on any atom is 0.248 e. The molecule has 1 heterocycles. The van der Waals surface area contributed by atoms with E-state index in [1.807, 2.05) is 54.6 Å². The van der Waals surface area contributed by atoms with Crippen molar-refractivity contribution in [1.29, 1.82) is 0 Å². The first-order valence-corrected chi connectivity index (χ1v) is 8.88. The van der Waals surface area contributed by atoms with Crippen molar-refractivity contribution >= 4 is 34.4 Å². The summed E-state index contributed by atoms with van der Waals surface area (Å²) in [6, 6.07) is 25.6. The van der Waals surface area contributed by atoms with Crippen molar-refractivity contribution < 1.29 is 14.0 Å². The summed E-state index contributed by atoms with van der Waals surface area (Å²) in [6.45, 7) is 0. The van der Waals surface area contributed by atoms with Crippen LogP contribution in [-0.2, 0) is 4.79 Å². The molecule has 3 aromatic carbocycles. The standard InChI is InChI=1S/C24H17NO3/c26-21(16-15-17-9-3-1-4-10-17)25-22-19-13-7-8-14-20(19)28-24(22)23(27)18-11-5-2-6-12-18/h1-16H,(H,25,26)/b16-15+. The van der Waals surface area contributed by atoms with Gasteiger partial charge < -0.3 is 9.73 Å². The van der Waals surface area contributed by atoms with Gasteiger partial charge in [0, 0.05) is 17.0 Å². The van der Waals surface area contributed by atoms with E-state index in [0.717, 1.165) is 5.56 Å². The number of para-hydroxylation sites is 1. The molecule has 0 aliphatic heterocycles. The first kappa shape index (κ1) is 17.5. The van der Waals surface area contributed by atoms with Gasteiger partial charge in [0.1, 0.15) is 5.58 Å². The molecule has 4 heteroatoms. The van der Waals surface area contributed by atoms with Crippen molar-refractivity contribution in [1.82, 2.24) is 0 Å². The molecule has 0 spiro atoms. The van der Waals surface area contributed by atoms with E-state index in [2.05, 4.69) is 5.32 Å². The summed E-state index contributed by atoms with van der Waals surface area (Å²) in [7, 11) is 0. The highest BCUT2D eigenvalue weighted by atomic mass is 16.3. The summed E-state index contributed by atoms with van der Waals surface area (Å²) in [5, 5.41) is 3.50. The van der Waals surface area contributed by atoms with Crippen molar-refractivity contribution in [3.63, 3.8) is 0 Å². The highest BCUT2D eigenvalue weighted by Gasteiger charge is 2.22. The van der Waals surface area contributed by atoms with Gasteiger partial charge in [-0.25, -0.2) is 0 Å². The monoisotopic (exact) mass is 367 g/mol. The molecule has 0 saturated heterocycles. The Kier molecular flexibility index (Phi) is 4.85. The summed E-state index contributed by atoms with van der Waals surface area (Å²) in [5.41, 5.74) is 2.34. The topological polar surface area (TPSA) is 59.3 Å². The molecule has 0 atom stereocenters. The average Bonchev–Trinajstić information content (AvgIpc) is 3.11. The van der Waals surface area contributed by atoms with Crippen LogP contribution >= 0.6 is 0 Å². The van der Waals surface area contributed by atoms with E-state index in [-0.39, 0.29) is 17.5 Å². The second kappa shape index (κ2) is 7.76. The Morgan fingerprint density at radius 3 is 2.18 bits per heavy atom. The van der Waals surface area contributed by atoms with Crippen LogP contribution in [0.4, 0.5) is 5.69 Å². The Bertz CT molecular complexity index is 1160. The van der Waals surface area contributed by atoms with Gasteiger partial charge >= 0.3 is 0 Å². The van der Waals surface area contributed by atoms with Crippen molar-refractivity contribution in [2.45, 2.75) is 0 Å². The number of hydrogen-bond acceptors (Lipinski definition) is 3. The minimum Gasteiger partial charge on any atom is -0.450 e. The predicted octanol–water partition coefficient (Wildman–Crippen LogP) is 5.32. The molecule has 28 heavy (non-hydrogen) atoms. The van der Waals surface area contributed by atoms with Crippen LogP contribution in [-0.4, -0.2) is 11.7 Å². The quantitative estimate of drug-likeness (QED) is 0.384. The second-order valence-electron chi connectivity index (χ2n) is 6.23. The fraction of sp³-hybridized carbons (Fsp3) is 0. The highest BCUT2D eigenvalue weighted by Crippen LogP contribution is 2.32. The molecule has 0 fully saturated rings. The number of hydrogen-bond donors (Lipinski definition) is 1. The number of rotatable bonds is 5. The number of ketones is 1. The molecule has 0 aliphatic carbocycles. The lowest BCUT2D eigenvalue weighted by Gasteiger charge is -2.04. The molecule has 1 amide bonds. The lowest BCUT2D eigenvalue weighted by molar-refractivity contribution is -0.111. The molecular weight excluding hydrogens is 350 g/mol. The largest absolute Gasteiger partial charge is 0.450 e. The van der Waals surface area contributed by atoms with E-state index in [4.69, 9.17) is 4.42 Å². The van der Waals surface area contributed by atoms with Crippen LogP contribution in [0.3, 0.4) is 0 Å². The third-order valence-electron chi connectivity index (χ3n) is 4.31. The zero-order chi connectivity index (χ0) is 19.3. The Morgan fingerprint density at radius 2 is 1.43 bits per heavy atom. The van der Waals surface area contributed by atoms with Gasteiger partial charge in [0.2, 0.25) is 11.7 Å². The van der Waals surface area contributed by atoms with Crippen LogP contribution in [0.2, 0.25) is 0 Å². The Hall–Kier alpha value is -3.92. The van der Waals surface area contributed by atoms with Gasteiger partial charge in [-0.2, -0.15) is 0 Å². The number of anilines is 1. The van der Waals surface area contributed by atoms with Gasteiger partial charge in [-0.1, -0.05) is 72.8 Å². The summed E-state index contributed by atoms with van der Waals surface area (Å²) >= 11 is 0. The Labute approximate surface area is 162 Å². The lowest BCUT2D eigenvalue weighted by atomic mass is 10.1. The van der Waals surface area contributed by atoms with Crippen LogP contribution in [0.1, 0.15) is 21.7 Å². The van der Waals surface area contributed by atoms with Gasteiger partial charge in [-0.05, 0) is 23.8 Å². The van der Waals surface area contributed by atoms with E-state index in [1.165, 1.54) is 6.08 Å². The van der Waals surface area contributed by atoms with Crippen molar-refractivity contribution in [3.8, 4) is 0 Å². The SMILES string of the molecule is O=C(/C=C/c1ccccc1)Nc1c(C(=O)c2ccccc2)oc2ccccc12. The molecule has 4 rings (SSSR count). The minimum absolute atomic E-state index is 0.119. The summed E-state index contributed by atoms with van der Waals surface area (Å²) < 4.78 is 5.79. The first-order valence-electron chi connectivity index (χ1n) is 8.88. The number of furan rings is 1. The number of carbonyl (C=O) groups excluding carboxylic acids is 2. The molecule has 0 bridgehead atoms. The van der Waals surface area contributed by atoms with E-state index >= 15 is 0 Å². The van der Waals surface area contributed by atoms with Crippen LogP contribution in [0.15, 0.2) is 95.4 Å². The molecule has 1 aromatic heterocycles. The van der Waals surface area contributed by atoms with Crippen LogP contribution in [0.5, 0.6) is 0 Å². The fourth-order valence-corrected chi connectivity index (χ4v) is 2.95. The molecular formula is C24H17NO3. The maximum atomic E-state index is 12.9. The van der Waals surface area contributed by atoms with Crippen molar-refractivity contribution in [3.05, 3.63) is 108 Å². The van der Waals surface area contributed by atoms with E-state index in [0.29, 0.717) is 22.2 Å². The van der Waals surface area contributed by atoms with Crippen LogP contribution < -0.4 is 5.32 Å². The summed E-state index contributed by atoms with van der Waals surface area (Å²) in [5.74, 6) is -0.495. The minimum atomic E-state index is -0.336. The van der Waals surface area contributed by atoms with Gasteiger partial charge in [0.25, 0.3) is 0 Å². The molecule has 136 valence electrons. The average molecular weight is 367 g/mol. The van der Waals surface area contributed by atoms with Gasteiger partial charge in [-0.15, -0.1) is 0 Å². The van der Waals surface area contributed by atoms with Crippen LogP contribution in [0.25, 0.3) is 17.0 Å². The van der Waals surface area contributed by atoms with Gasteiger partial charge in [0.05, 0.1) is 5.69 Å². The first-order chi connectivity index (χ1) is 13.7. The number of fused-ring (bicyclic) bond motifs is 1. The molecule has 4 aromatic rings. The zero-order valence-corrected chi connectivity index (χ0v) is 15.0. The lowest BCUT2D eigenvalue weighted by Crippen LogP contribution is -2.11. The summed E-state index contributed by atoms with van der Waals surface area (Å²) in [6.07, 6.45) is 3.16. The number of nitrogens with one attached hydrogen (secondary N) is 1. The van der Waals surface area contributed by atoms with Crippen molar-refractivity contribution in [2.24, 2.45) is 0 Å². The van der Waals surface area contributed by atoms with Gasteiger partial charge in [-0.3, -0.25) is 9.59 Å². The fourth-order valence-electron chi connectivity index (χ4n) is 2.95. The second-order valence-corrected chi connectivity index (χ2v) is 6.23. The Balaban J connectivity index is 1.68. The number of amides is 1. The van der Waals surface area contributed by atoms with Crippen molar-refractivity contribution in [2.75, 3.05) is 5.32 Å². The third kappa shape index (κ3) is 3.62. The number of carbonyl (C=O) groups is 2. The zero-order valence-electron chi connectivity index (χ0n) is 15.0. The van der Waals surface area contributed by atoms with E-state index < -0.39 is 0 Å².